The Labute approximate surface area is 126 Å². The van der Waals surface area contributed by atoms with Gasteiger partial charge >= 0.3 is 17.2 Å². The van der Waals surface area contributed by atoms with Crippen LogP contribution in [0.15, 0.2) is 18.2 Å². The van der Waals surface area contributed by atoms with Crippen molar-refractivity contribution in [3.63, 3.8) is 0 Å². The first-order chi connectivity index (χ1) is 9.71. The second kappa shape index (κ2) is 5.37. The molecule has 0 atom stereocenters. The van der Waals surface area contributed by atoms with Crippen molar-refractivity contribution in [1.29, 1.82) is 0 Å². The molecule has 2 rings (SSSR count). The van der Waals surface area contributed by atoms with Gasteiger partial charge in [-0.2, -0.15) is 0 Å². The number of fused-ring (bicyclic) bond motifs is 1. The van der Waals surface area contributed by atoms with Crippen LogP contribution < -0.4 is 9.47 Å². The highest BCUT2D eigenvalue weighted by Crippen LogP contribution is 2.41. The van der Waals surface area contributed by atoms with E-state index in [4.69, 9.17) is 21.1 Å². The average Bonchev–Trinajstić information content (AvgIpc) is 2.71. The van der Waals surface area contributed by atoms with Crippen LogP contribution >= 0.6 is 11.6 Å². The molecule has 0 radical (unpaired) electrons. The Kier molecular flexibility index (Phi) is 3.91. The van der Waals surface area contributed by atoms with Gasteiger partial charge in [-0.1, -0.05) is 12.1 Å². The van der Waals surface area contributed by atoms with Crippen LogP contribution in [0, 0.1) is 0 Å². The molecule has 21 heavy (non-hydrogen) atoms. The fourth-order valence-corrected chi connectivity index (χ4v) is 2.17. The first-order valence-corrected chi connectivity index (χ1v) is 6.59. The van der Waals surface area contributed by atoms with E-state index in [9.17, 15) is 14.4 Å². The van der Waals surface area contributed by atoms with Gasteiger partial charge in [0.25, 0.3) is 0 Å². The molecule has 0 N–H and O–H groups in total. The van der Waals surface area contributed by atoms with Crippen molar-refractivity contribution in [1.82, 2.24) is 4.90 Å². The van der Waals surface area contributed by atoms with Crippen LogP contribution in [0.25, 0.3) is 0 Å². The number of ether oxygens (including phenoxy) is 2. The summed E-state index contributed by atoms with van der Waals surface area (Å²) < 4.78 is 10.9. The van der Waals surface area contributed by atoms with Crippen LogP contribution in [-0.2, 0) is 16.0 Å². The zero-order chi connectivity index (χ0) is 15.8. The monoisotopic (exact) mass is 311 g/mol. The van der Waals surface area contributed by atoms with Crippen molar-refractivity contribution in [3.8, 4) is 11.5 Å². The maximum Gasteiger partial charge on any atom is 0.422 e. The Bertz CT molecular complexity index is 626. The summed E-state index contributed by atoms with van der Waals surface area (Å²) in [6, 6.07) is 5.15. The molecule has 2 amide bonds. The molecule has 1 aromatic carbocycles. The average molecular weight is 312 g/mol. The minimum absolute atomic E-state index is 0.199. The molecule has 1 heterocycles. The van der Waals surface area contributed by atoms with E-state index in [0.29, 0.717) is 17.1 Å². The SMILES string of the molecule is CN(C(=O)Oc1cccc2c1OC(C)(C)C2)C(=O)C(=O)Cl. The number of nitrogens with zero attached hydrogens (tertiary/aromatic N) is 1. The first-order valence-electron chi connectivity index (χ1n) is 6.21. The minimum Gasteiger partial charge on any atom is -0.483 e. The number of carbonyl (C=O) groups excluding carboxylic acids is 3. The molecule has 1 aliphatic rings. The highest BCUT2D eigenvalue weighted by atomic mass is 35.5. The summed E-state index contributed by atoms with van der Waals surface area (Å²) in [7, 11) is 1.11. The summed E-state index contributed by atoms with van der Waals surface area (Å²) in [5, 5.41) is -1.26. The second-order valence-corrected chi connectivity index (χ2v) is 5.63. The molecule has 1 aliphatic heterocycles. The molecule has 0 aromatic heterocycles. The van der Waals surface area contributed by atoms with Crippen molar-refractivity contribution in [2.24, 2.45) is 0 Å². The Morgan fingerprint density at radius 2 is 2.00 bits per heavy atom. The molecule has 0 unspecified atom stereocenters. The predicted octanol–water partition coefficient (Wildman–Crippen LogP) is 2.12. The van der Waals surface area contributed by atoms with Gasteiger partial charge in [0, 0.05) is 19.0 Å². The van der Waals surface area contributed by atoms with Crippen LogP contribution in [0.1, 0.15) is 19.4 Å². The molecule has 0 fully saturated rings. The molecule has 0 bridgehead atoms. The fourth-order valence-electron chi connectivity index (χ4n) is 2.05. The van der Waals surface area contributed by atoms with Crippen LogP contribution in [0.2, 0.25) is 0 Å². The summed E-state index contributed by atoms with van der Waals surface area (Å²) in [4.78, 5) is 34.4. The fraction of sp³-hybridized carbons (Fsp3) is 0.357. The molecule has 0 saturated heterocycles. The van der Waals surface area contributed by atoms with Gasteiger partial charge in [0.1, 0.15) is 5.60 Å². The minimum atomic E-state index is -1.26. The van der Waals surface area contributed by atoms with Crippen molar-refractivity contribution in [3.05, 3.63) is 23.8 Å². The zero-order valence-electron chi connectivity index (χ0n) is 11.8. The van der Waals surface area contributed by atoms with Crippen LogP contribution in [0.3, 0.4) is 0 Å². The molecule has 112 valence electrons. The van der Waals surface area contributed by atoms with E-state index in [1.54, 1.807) is 12.1 Å². The molecule has 7 heteroatoms. The molecular formula is C14H14ClNO5. The third kappa shape index (κ3) is 3.16. The quantitative estimate of drug-likeness (QED) is 0.618. The molecule has 0 aliphatic carbocycles. The largest absolute Gasteiger partial charge is 0.483 e. The summed E-state index contributed by atoms with van der Waals surface area (Å²) in [5.74, 6) is -0.492. The number of benzene rings is 1. The number of amides is 2. The molecule has 0 spiro atoms. The molecule has 1 aromatic rings. The predicted molar refractivity (Wildman–Crippen MR) is 74.5 cm³/mol. The third-order valence-corrected chi connectivity index (χ3v) is 3.16. The number of hydrogen-bond donors (Lipinski definition) is 0. The van der Waals surface area contributed by atoms with Crippen LogP contribution in [-0.4, -0.2) is 34.8 Å². The van der Waals surface area contributed by atoms with E-state index in [2.05, 4.69) is 0 Å². The Hall–Kier alpha value is -2.08. The maximum absolute atomic E-state index is 11.8. The van der Waals surface area contributed by atoms with Gasteiger partial charge in [0.05, 0.1) is 0 Å². The lowest BCUT2D eigenvalue weighted by Crippen LogP contribution is -2.38. The van der Waals surface area contributed by atoms with E-state index in [1.807, 2.05) is 19.9 Å². The lowest BCUT2D eigenvalue weighted by molar-refractivity contribution is -0.138. The number of likely N-dealkylation sites (N-methyl/N-ethyl adjacent to an activating group) is 1. The standard InChI is InChI=1S/C14H14ClNO5/c1-14(2)7-8-5-4-6-9(10(8)21-14)20-13(19)16(3)12(18)11(15)17/h4-6H,7H2,1-3H3. The van der Waals surface area contributed by atoms with Crippen molar-refractivity contribution in [2.75, 3.05) is 7.05 Å². The summed E-state index contributed by atoms with van der Waals surface area (Å²) in [6.07, 6.45) is -0.321. The van der Waals surface area contributed by atoms with Crippen molar-refractivity contribution >= 4 is 28.8 Å². The smallest absolute Gasteiger partial charge is 0.422 e. The summed E-state index contributed by atoms with van der Waals surface area (Å²) >= 11 is 5.04. The van der Waals surface area contributed by atoms with Gasteiger partial charge in [0.2, 0.25) is 0 Å². The topological polar surface area (TPSA) is 72.9 Å². The zero-order valence-corrected chi connectivity index (χ0v) is 12.6. The maximum atomic E-state index is 11.8. The third-order valence-electron chi connectivity index (χ3n) is 3.00. The van der Waals surface area contributed by atoms with Gasteiger partial charge in [-0.15, -0.1) is 0 Å². The van der Waals surface area contributed by atoms with Crippen molar-refractivity contribution in [2.45, 2.75) is 25.9 Å². The van der Waals surface area contributed by atoms with E-state index in [1.165, 1.54) is 0 Å². The van der Waals surface area contributed by atoms with Crippen molar-refractivity contribution < 1.29 is 23.9 Å². The Morgan fingerprint density at radius 1 is 1.33 bits per heavy atom. The number of para-hydroxylation sites is 1. The number of halogens is 1. The number of imide groups is 1. The normalized spacial score (nSPS) is 14.9. The highest BCUT2D eigenvalue weighted by molar-refractivity contribution is 6.81. The summed E-state index contributed by atoms with van der Waals surface area (Å²) in [6.45, 7) is 3.83. The lowest BCUT2D eigenvalue weighted by atomic mass is 10.0. The van der Waals surface area contributed by atoms with E-state index in [0.717, 1.165) is 12.6 Å². The molecule has 6 nitrogen and oxygen atoms in total. The van der Waals surface area contributed by atoms with Gasteiger partial charge in [-0.3, -0.25) is 9.59 Å². The Balaban J connectivity index is 2.19. The summed E-state index contributed by atoms with van der Waals surface area (Å²) in [5.41, 5.74) is 0.520. The highest BCUT2D eigenvalue weighted by Gasteiger charge is 2.33. The Morgan fingerprint density at radius 3 is 2.62 bits per heavy atom. The van der Waals surface area contributed by atoms with Crippen LogP contribution in [0.5, 0.6) is 11.5 Å². The van der Waals surface area contributed by atoms with Gasteiger partial charge < -0.3 is 9.47 Å². The number of rotatable bonds is 2. The van der Waals surface area contributed by atoms with Gasteiger partial charge in [0.15, 0.2) is 11.5 Å². The second-order valence-electron chi connectivity index (χ2n) is 5.29. The van der Waals surface area contributed by atoms with E-state index < -0.39 is 22.8 Å². The van der Waals surface area contributed by atoms with E-state index in [-0.39, 0.29) is 5.75 Å². The van der Waals surface area contributed by atoms with E-state index >= 15 is 0 Å². The van der Waals surface area contributed by atoms with Crippen LogP contribution in [0.4, 0.5) is 4.79 Å². The number of carbonyl (C=O) groups is 3. The molecule has 0 saturated carbocycles. The molecular weight excluding hydrogens is 298 g/mol. The first kappa shape index (κ1) is 15.3. The van der Waals surface area contributed by atoms with Gasteiger partial charge in [-0.05, 0) is 31.5 Å². The lowest BCUT2D eigenvalue weighted by Gasteiger charge is -2.18. The van der Waals surface area contributed by atoms with Gasteiger partial charge in [-0.25, -0.2) is 9.69 Å². The number of hydrogen-bond acceptors (Lipinski definition) is 5.